The Labute approximate surface area is 214 Å². The van der Waals surface area contributed by atoms with E-state index in [1.807, 2.05) is 85.3 Å². The van der Waals surface area contributed by atoms with Crippen molar-refractivity contribution in [2.45, 2.75) is 13.3 Å². The van der Waals surface area contributed by atoms with E-state index in [2.05, 4.69) is 10.4 Å². The fourth-order valence-corrected chi connectivity index (χ4v) is 4.64. The number of hydrogen-bond donors (Lipinski definition) is 1. The monoisotopic (exact) mass is 496 g/mol. The maximum absolute atomic E-state index is 13.6. The van der Waals surface area contributed by atoms with Crippen LogP contribution in [0.25, 0.3) is 27.5 Å². The average Bonchev–Trinajstić information content (AvgIpc) is 3.22. The molecular formula is C29H28N4O4. The van der Waals surface area contributed by atoms with Gasteiger partial charge >= 0.3 is 0 Å². The van der Waals surface area contributed by atoms with Crippen molar-refractivity contribution >= 4 is 27.7 Å². The molecule has 0 radical (unpaired) electrons. The van der Waals surface area contributed by atoms with Gasteiger partial charge in [-0.25, -0.2) is 0 Å². The largest absolute Gasteiger partial charge is 0.493 e. The lowest BCUT2D eigenvalue weighted by Crippen LogP contribution is -2.31. The third-order valence-electron chi connectivity index (χ3n) is 6.58. The topological polar surface area (TPSA) is 87.4 Å². The normalized spacial score (nSPS) is 11.1. The van der Waals surface area contributed by atoms with Gasteiger partial charge in [0.1, 0.15) is 5.52 Å². The first-order valence-corrected chi connectivity index (χ1v) is 12.0. The van der Waals surface area contributed by atoms with Gasteiger partial charge in [0.15, 0.2) is 17.2 Å². The number of rotatable bonds is 7. The predicted molar refractivity (Wildman–Crippen MR) is 144 cm³/mol. The van der Waals surface area contributed by atoms with Gasteiger partial charge in [-0.1, -0.05) is 42.0 Å². The number of nitrogens with one attached hydrogen (secondary N) is 1. The molecule has 0 aliphatic heterocycles. The highest BCUT2D eigenvalue weighted by atomic mass is 16.5. The van der Waals surface area contributed by atoms with Crippen LogP contribution in [0.15, 0.2) is 71.5 Å². The molecule has 8 heteroatoms. The Bertz CT molecular complexity index is 1680. The lowest BCUT2D eigenvalue weighted by Gasteiger charge is -2.12. The maximum atomic E-state index is 13.6. The van der Waals surface area contributed by atoms with Crippen molar-refractivity contribution in [3.63, 3.8) is 0 Å². The van der Waals surface area contributed by atoms with E-state index in [0.29, 0.717) is 41.1 Å². The van der Waals surface area contributed by atoms with Gasteiger partial charge in [-0.15, -0.1) is 0 Å². The summed E-state index contributed by atoms with van der Waals surface area (Å²) in [7, 11) is 5.02. The van der Waals surface area contributed by atoms with E-state index in [4.69, 9.17) is 9.47 Å². The Morgan fingerprint density at radius 2 is 1.70 bits per heavy atom. The van der Waals surface area contributed by atoms with Crippen LogP contribution in [-0.4, -0.2) is 41.0 Å². The number of amides is 1. The molecular weight excluding hydrogens is 468 g/mol. The van der Waals surface area contributed by atoms with Crippen LogP contribution in [0.3, 0.4) is 0 Å². The second kappa shape index (κ2) is 9.81. The molecule has 2 aromatic heterocycles. The minimum atomic E-state index is -0.345. The molecule has 0 fully saturated rings. The van der Waals surface area contributed by atoms with E-state index in [-0.39, 0.29) is 17.2 Å². The molecule has 0 saturated heterocycles. The number of carbonyl (C=O) groups is 1. The number of aryl methyl sites for hydroxylation is 2. The molecule has 188 valence electrons. The molecule has 8 nitrogen and oxygen atoms in total. The molecule has 0 saturated carbocycles. The summed E-state index contributed by atoms with van der Waals surface area (Å²) in [5.74, 6) is 0.939. The number of methoxy groups -OCH3 is 2. The van der Waals surface area contributed by atoms with Crippen LogP contribution in [0.1, 0.15) is 21.6 Å². The highest BCUT2D eigenvalue weighted by Gasteiger charge is 2.23. The average molecular weight is 497 g/mol. The van der Waals surface area contributed by atoms with Crippen LogP contribution >= 0.6 is 0 Å². The van der Waals surface area contributed by atoms with Gasteiger partial charge < -0.3 is 19.4 Å². The molecule has 0 aliphatic rings. The van der Waals surface area contributed by atoms with Gasteiger partial charge in [0.25, 0.3) is 11.5 Å². The molecule has 37 heavy (non-hydrogen) atoms. The van der Waals surface area contributed by atoms with E-state index in [1.54, 1.807) is 14.2 Å². The summed E-state index contributed by atoms with van der Waals surface area (Å²) in [5, 5.41) is 8.93. The van der Waals surface area contributed by atoms with Crippen molar-refractivity contribution in [2.75, 3.05) is 20.8 Å². The SMILES string of the molecule is COc1ccc(CCNC(=O)c2nn(-c3ccc(C)cc3)c(=O)c3c2c2ccccc2n3C)cc1OC. The van der Waals surface area contributed by atoms with E-state index in [0.717, 1.165) is 22.0 Å². The lowest BCUT2D eigenvalue weighted by molar-refractivity contribution is 0.0949. The molecule has 1 N–H and O–H groups in total. The Hall–Kier alpha value is -4.59. The molecule has 0 bridgehead atoms. The molecule has 0 aliphatic carbocycles. The van der Waals surface area contributed by atoms with E-state index in [1.165, 1.54) is 4.68 Å². The molecule has 0 unspecified atom stereocenters. The summed E-state index contributed by atoms with van der Waals surface area (Å²) in [4.78, 5) is 27.1. The summed E-state index contributed by atoms with van der Waals surface area (Å²) in [5.41, 5.74) is 3.88. The van der Waals surface area contributed by atoms with Crippen molar-refractivity contribution < 1.29 is 14.3 Å². The molecule has 5 aromatic rings. The Kier molecular flexibility index (Phi) is 6.40. The van der Waals surface area contributed by atoms with Gasteiger partial charge in [0.2, 0.25) is 0 Å². The fourth-order valence-electron chi connectivity index (χ4n) is 4.64. The van der Waals surface area contributed by atoms with Crippen LogP contribution in [0.4, 0.5) is 0 Å². The third kappa shape index (κ3) is 4.31. The number of nitrogens with zero attached hydrogens (tertiary/aromatic N) is 3. The van der Waals surface area contributed by atoms with Gasteiger partial charge in [0.05, 0.1) is 19.9 Å². The number of ether oxygens (including phenoxy) is 2. The minimum Gasteiger partial charge on any atom is -0.493 e. The Morgan fingerprint density at radius 3 is 2.43 bits per heavy atom. The van der Waals surface area contributed by atoms with Gasteiger partial charge in [-0.05, 0) is 49.2 Å². The fraction of sp³-hybridized carbons (Fsp3) is 0.207. The number of para-hydroxylation sites is 1. The number of hydrogen-bond acceptors (Lipinski definition) is 5. The molecule has 3 aromatic carbocycles. The lowest BCUT2D eigenvalue weighted by atomic mass is 10.1. The van der Waals surface area contributed by atoms with Crippen molar-refractivity contribution in [3.05, 3.63) is 93.9 Å². The van der Waals surface area contributed by atoms with Crippen molar-refractivity contribution in [1.29, 1.82) is 0 Å². The minimum absolute atomic E-state index is 0.208. The molecule has 1 amide bonds. The number of benzene rings is 3. The molecule has 0 atom stereocenters. The van der Waals surface area contributed by atoms with Crippen LogP contribution < -0.4 is 20.3 Å². The number of aromatic nitrogens is 3. The molecule has 5 rings (SSSR count). The van der Waals surface area contributed by atoms with Crippen LogP contribution in [0.2, 0.25) is 0 Å². The van der Waals surface area contributed by atoms with Crippen molar-refractivity contribution in [2.24, 2.45) is 7.05 Å². The van der Waals surface area contributed by atoms with Crippen molar-refractivity contribution in [3.8, 4) is 17.2 Å². The van der Waals surface area contributed by atoms with Crippen molar-refractivity contribution in [1.82, 2.24) is 19.7 Å². The highest BCUT2D eigenvalue weighted by Crippen LogP contribution is 2.29. The summed E-state index contributed by atoms with van der Waals surface area (Å²) in [6, 6.07) is 20.8. The van der Waals surface area contributed by atoms with Crippen LogP contribution in [0, 0.1) is 6.92 Å². The number of carbonyl (C=O) groups excluding carboxylic acids is 1. The van der Waals surface area contributed by atoms with E-state index in [9.17, 15) is 9.59 Å². The molecule has 2 heterocycles. The first-order chi connectivity index (χ1) is 17.9. The van der Waals surface area contributed by atoms with E-state index < -0.39 is 0 Å². The smallest absolute Gasteiger partial charge is 0.296 e. The summed E-state index contributed by atoms with van der Waals surface area (Å²) < 4.78 is 13.8. The van der Waals surface area contributed by atoms with Gasteiger partial charge in [0, 0.05) is 29.9 Å². The summed E-state index contributed by atoms with van der Waals surface area (Å²) in [6.07, 6.45) is 0.586. The number of fused-ring (bicyclic) bond motifs is 3. The van der Waals surface area contributed by atoms with Gasteiger partial charge in [-0.3, -0.25) is 9.59 Å². The Balaban J connectivity index is 1.55. The second-order valence-electron chi connectivity index (χ2n) is 8.90. The summed E-state index contributed by atoms with van der Waals surface area (Å²) in [6.45, 7) is 2.36. The third-order valence-corrected chi connectivity index (χ3v) is 6.58. The second-order valence-corrected chi connectivity index (χ2v) is 8.90. The molecule has 0 spiro atoms. The first-order valence-electron chi connectivity index (χ1n) is 12.0. The standard InChI is InChI=1S/C29H28N4O4/c1-18-9-12-20(13-10-18)33-29(35)27-25(21-7-5-6-8-22(21)32(27)2)26(31-33)28(34)30-16-15-19-11-14-23(36-3)24(17-19)37-4/h5-14,17H,15-16H2,1-4H3,(H,30,34). The van der Waals surface area contributed by atoms with Crippen LogP contribution in [-0.2, 0) is 13.5 Å². The maximum Gasteiger partial charge on any atom is 0.296 e. The highest BCUT2D eigenvalue weighted by molar-refractivity contribution is 6.16. The van der Waals surface area contributed by atoms with Crippen LogP contribution in [0.5, 0.6) is 11.5 Å². The van der Waals surface area contributed by atoms with Gasteiger partial charge in [-0.2, -0.15) is 9.78 Å². The Morgan fingerprint density at radius 1 is 0.973 bits per heavy atom. The zero-order valence-corrected chi connectivity index (χ0v) is 21.2. The first kappa shape index (κ1) is 24.1. The summed E-state index contributed by atoms with van der Waals surface area (Å²) >= 11 is 0. The zero-order valence-electron chi connectivity index (χ0n) is 21.2. The predicted octanol–water partition coefficient (Wildman–Crippen LogP) is 4.18. The quantitative estimate of drug-likeness (QED) is 0.365. The zero-order chi connectivity index (χ0) is 26.1. The van der Waals surface area contributed by atoms with E-state index >= 15 is 0 Å².